The molecule has 1 heterocycles. The molecule has 0 aromatic carbocycles. The second kappa shape index (κ2) is 2.36. The van der Waals surface area contributed by atoms with Gasteiger partial charge in [0, 0.05) is 0 Å². The third kappa shape index (κ3) is 1.09. The van der Waals surface area contributed by atoms with Gasteiger partial charge in [-0.3, -0.25) is 0 Å². The zero-order chi connectivity index (χ0) is 7.78. The molecule has 0 saturated heterocycles. The van der Waals surface area contributed by atoms with Crippen LogP contribution in [-0.4, -0.2) is 23.9 Å². The van der Waals surface area contributed by atoms with Crippen molar-refractivity contribution in [2.45, 2.75) is 26.4 Å². The topological polar surface area (TPSA) is 29.5 Å². The fraction of sp³-hybridized carbons (Fsp3) is 0.750. The molecule has 0 aliphatic carbocycles. The second-order valence-corrected chi connectivity index (χ2v) is 3.22. The van der Waals surface area contributed by atoms with Crippen LogP contribution in [0.2, 0.25) is 0 Å². The van der Waals surface area contributed by atoms with Crippen LogP contribution in [0.1, 0.15) is 20.8 Å². The molecule has 0 radical (unpaired) electrons. The minimum Gasteiger partial charge on any atom is -0.392 e. The Hall–Kier alpha value is -0.340. The van der Waals surface area contributed by atoms with E-state index >= 15 is 0 Å². The van der Waals surface area contributed by atoms with Gasteiger partial charge in [0.05, 0.1) is 18.8 Å². The number of hydrogen-bond acceptors (Lipinski definition) is 2. The third-order valence-electron chi connectivity index (χ3n) is 2.05. The number of hydrogen-bond donors (Lipinski definition) is 1. The molecular weight excluding hydrogens is 128 g/mol. The summed E-state index contributed by atoms with van der Waals surface area (Å²) in [5.41, 5.74) is 1.97. The van der Waals surface area contributed by atoms with Crippen molar-refractivity contribution < 1.29 is 9.84 Å². The standard InChI is InChI=1S/C8H14O2/c1-6-5-10-8(2,3)7(6)4-9/h9H,4-5H2,1-3H3. The lowest BCUT2D eigenvalue weighted by molar-refractivity contribution is 0.0420. The summed E-state index contributed by atoms with van der Waals surface area (Å²) in [4.78, 5) is 0. The van der Waals surface area contributed by atoms with Crippen LogP contribution >= 0.6 is 0 Å². The first kappa shape index (κ1) is 7.76. The van der Waals surface area contributed by atoms with Gasteiger partial charge in [-0.2, -0.15) is 0 Å². The summed E-state index contributed by atoms with van der Waals surface area (Å²) in [6.07, 6.45) is 0. The van der Waals surface area contributed by atoms with Crippen molar-refractivity contribution in [3.63, 3.8) is 0 Å². The smallest absolute Gasteiger partial charge is 0.0865 e. The molecule has 58 valence electrons. The molecule has 2 nitrogen and oxygen atoms in total. The molecule has 0 fully saturated rings. The molecule has 2 heteroatoms. The molecule has 0 aromatic heterocycles. The van der Waals surface area contributed by atoms with E-state index in [0.29, 0.717) is 6.61 Å². The lowest BCUT2D eigenvalue weighted by atomic mass is 9.97. The average molecular weight is 142 g/mol. The van der Waals surface area contributed by atoms with E-state index < -0.39 is 0 Å². The highest BCUT2D eigenvalue weighted by Crippen LogP contribution is 2.30. The summed E-state index contributed by atoms with van der Waals surface area (Å²) in [6.45, 7) is 6.76. The van der Waals surface area contributed by atoms with Gasteiger partial charge < -0.3 is 9.84 Å². The van der Waals surface area contributed by atoms with Gasteiger partial charge in [0.15, 0.2) is 0 Å². The molecule has 10 heavy (non-hydrogen) atoms. The van der Waals surface area contributed by atoms with Gasteiger partial charge in [0.25, 0.3) is 0 Å². The maximum absolute atomic E-state index is 8.93. The van der Waals surface area contributed by atoms with E-state index in [1.165, 1.54) is 5.57 Å². The van der Waals surface area contributed by atoms with Gasteiger partial charge in [-0.25, -0.2) is 0 Å². The van der Waals surface area contributed by atoms with Crippen LogP contribution in [0.3, 0.4) is 0 Å². The Morgan fingerprint density at radius 3 is 2.40 bits per heavy atom. The highest BCUT2D eigenvalue weighted by molar-refractivity contribution is 5.26. The zero-order valence-electron chi connectivity index (χ0n) is 6.77. The molecule has 1 rings (SSSR count). The van der Waals surface area contributed by atoms with Crippen molar-refractivity contribution in [3.05, 3.63) is 11.1 Å². The van der Waals surface area contributed by atoms with Crippen LogP contribution in [0.4, 0.5) is 0 Å². The van der Waals surface area contributed by atoms with Crippen molar-refractivity contribution in [1.82, 2.24) is 0 Å². The first-order chi connectivity index (χ1) is 4.58. The van der Waals surface area contributed by atoms with E-state index in [1.807, 2.05) is 20.8 Å². The Kier molecular flexibility index (Phi) is 1.84. The van der Waals surface area contributed by atoms with Gasteiger partial charge in [-0.15, -0.1) is 0 Å². The highest BCUT2D eigenvalue weighted by Gasteiger charge is 2.30. The van der Waals surface area contributed by atoms with Crippen molar-refractivity contribution in [1.29, 1.82) is 0 Å². The summed E-state index contributed by atoms with van der Waals surface area (Å²) in [5.74, 6) is 0. The Labute approximate surface area is 61.5 Å². The Morgan fingerprint density at radius 1 is 1.60 bits per heavy atom. The van der Waals surface area contributed by atoms with E-state index in [0.717, 1.165) is 5.57 Å². The predicted octanol–water partition coefficient (Wildman–Crippen LogP) is 1.10. The summed E-state index contributed by atoms with van der Waals surface area (Å²) in [7, 11) is 0. The summed E-state index contributed by atoms with van der Waals surface area (Å²) in [6, 6.07) is 0. The molecule has 0 atom stereocenters. The normalized spacial score (nSPS) is 24.0. The highest BCUT2D eigenvalue weighted by atomic mass is 16.5. The largest absolute Gasteiger partial charge is 0.392 e. The number of aliphatic hydroxyl groups excluding tert-OH is 1. The number of aliphatic hydroxyl groups is 1. The molecule has 1 aliphatic rings. The Bertz CT molecular complexity index is 168. The van der Waals surface area contributed by atoms with Crippen LogP contribution in [0.25, 0.3) is 0 Å². The monoisotopic (exact) mass is 142 g/mol. The van der Waals surface area contributed by atoms with E-state index in [1.54, 1.807) is 0 Å². The minimum atomic E-state index is -0.237. The number of ether oxygens (including phenoxy) is 1. The maximum atomic E-state index is 8.93. The average Bonchev–Trinajstić information content (AvgIpc) is 2.07. The Balaban J connectivity index is 2.87. The Morgan fingerprint density at radius 2 is 2.20 bits per heavy atom. The van der Waals surface area contributed by atoms with E-state index in [2.05, 4.69) is 0 Å². The summed E-state index contributed by atoms with van der Waals surface area (Å²) < 4.78 is 5.42. The molecule has 0 unspecified atom stereocenters. The van der Waals surface area contributed by atoms with Gasteiger partial charge in [0.1, 0.15) is 0 Å². The molecule has 1 N–H and O–H groups in total. The van der Waals surface area contributed by atoms with Gasteiger partial charge in [-0.05, 0) is 31.9 Å². The minimum absolute atomic E-state index is 0.124. The molecule has 1 aliphatic heterocycles. The van der Waals surface area contributed by atoms with Gasteiger partial charge in [-0.1, -0.05) is 0 Å². The van der Waals surface area contributed by atoms with E-state index in [4.69, 9.17) is 9.84 Å². The SMILES string of the molecule is CC1=C(CO)C(C)(C)OC1. The fourth-order valence-corrected chi connectivity index (χ4v) is 1.30. The second-order valence-electron chi connectivity index (χ2n) is 3.22. The predicted molar refractivity (Wildman–Crippen MR) is 39.8 cm³/mol. The summed E-state index contributed by atoms with van der Waals surface area (Å²) >= 11 is 0. The van der Waals surface area contributed by atoms with Crippen molar-refractivity contribution >= 4 is 0 Å². The van der Waals surface area contributed by atoms with E-state index in [9.17, 15) is 0 Å². The van der Waals surface area contributed by atoms with Crippen molar-refractivity contribution in [3.8, 4) is 0 Å². The first-order valence-electron chi connectivity index (χ1n) is 3.52. The summed E-state index contributed by atoms with van der Waals surface area (Å²) in [5, 5.41) is 8.93. The molecule has 0 bridgehead atoms. The molecule has 0 aromatic rings. The number of rotatable bonds is 1. The van der Waals surface area contributed by atoms with Crippen LogP contribution in [0.15, 0.2) is 11.1 Å². The lowest BCUT2D eigenvalue weighted by Gasteiger charge is -2.20. The van der Waals surface area contributed by atoms with Gasteiger partial charge >= 0.3 is 0 Å². The van der Waals surface area contributed by atoms with Crippen LogP contribution in [0, 0.1) is 0 Å². The fourth-order valence-electron chi connectivity index (χ4n) is 1.30. The molecular formula is C8H14O2. The van der Waals surface area contributed by atoms with Crippen molar-refractivity contribution in [2.24, 2.45) is 0 Å². The quantitative estimate of drug-likeness (QED) is 0.555. The van der Waals surface area contributed by atoms with Crippen LogP contribution in [0.5, 0.6) is 0 Å². The molecule has 0 amide bonds. The zero-order valence-corrected chi connectivity index (χ0v) is 6.77. The van der Waals surface area contributed by atoms with E-state index in [-0.39, 0.29) is 12.2 Å². The molecule has 0 spiro atoms. The van der Waals surface area contributed by atoms with Crippen LogP contribution < -0.4 is 0 Å². The first-order valence-corrected chi connectivity index (χ1v) is 3.52. The van der Waals surface area contributed by atoms with Crippen LogP contribution in [-0.2, 0) is 4.74 Å². The van der Waals surface area contributed by atoms with Crippen molar-refractivity contribution in [2.75, 3.05) is 13.2 Å². The third-order valence-corrected chi connectivity index (χ3v) is 2.05. The molecule has 0 saturated carbocycles. The van der Waals surface area contributed by atoms with Gasteiger partial charge in [0.2, 0.25) is 0 Å². The maximum Gasteiger partial charge on any atom is 0.0865 e. The lowest BCUT2D eigenvalue weighted by Crippen LogP contribution is -2.23.